The van der Waals surface area contributed by atoms with Gasteiger partial charge in [0.25, 0.3) is 5.91 Å². The van der Waals surface area contributed by atoms with Crippen LogP contribution in [0.1, 0.15) is 37.0 Å². The molecule has 7 nitrogen and oxygen atoms in total. The van der Waals surface area contributed by atoms with Crippen molar-refractivity contribution in [2.24, 2.45) is 11.8 Å². The molecule has 1 saturated heterocycles. The Bertz CT molecular complexity index is 720. The molecular weight excluding hydrogens is 344 g/mol. The maximum atomic E-state index is 12.8. The number of piperidine rings is 1. The molecule has 2 unspecified atom stereocenters. The SMILES string of the molecule is CC1CC(C)CN(S(=O)(=O)c2ccc(C(=O)NCCC(=O)O)cc2)C1. The van der Waals surface area contributed by atoms with Gasteiger partial charge in [-0.25, -0.2) is 8.42 Å². The van der Waals surface area contributed by atoms with Crippen molar-refractivity contribution in [2.45, 2.75) is 31.6 Å². The van der Waals surface area contributed by atoms with E-state index in [4.69, 9.17) is 5.11 Å². The molecule has 1 amide bonds. The first-order chi connectivity index (χ1) is 11.7. The van der Waals surface area contributed by atoms with Crippen LogP contribution in [0, 0.1) is 11.8 Å². The monoisotopic (exact) mass is 368 g/mol. The molecule has 8 heteroatoms. The maximum Gasteiger partial charge on any atom is 0.305 e. The van der Waals surface area contributed by atoms with Crippen LogP contribution in [-0.4, -0.2) is 49.3 Å². The Morgan fingerprint density at radius 3 is 2.24 bits per heavy atom. The van der Waals surface area contributed by atoms with Crippen molar-refractivity contribution < 1.29 is 23.1 Å². The number of benzene rings is 1. The molecule has 1 fully saturated rings. The Hall–Kier alpha value is -1.93. The molecule has 0 bridgehead atoms. The molecule has 1 aromatic carbocycles. The largest absolute Gasteiger partial charge is 0.481 e. The molecule has 2 atom stereocenters. The van der Waals surface area contributed by atoms with Gasteiger partial charge >= 0.3 is 5.97 Å². The molecule has 0 saturated carbocycles. The first-order valence-electron chi connectivity index (χ1n) is 8.30. The van der Waals surface area contributed by atoms with Crippen LogP contribution in [0.5, 0.6) is 0 Å². The first kappa shape index (κ1) is 19.4. The Morgan fingerprint density at radius 1 is 1.16 bits per heavy atom. The lowest BCUT2D eigenvalue weighted by Gasteiger charge is -2.34. The van der Waals surface area contributed by atoms with Crippen LogP contribution >= 0.6 is 0 Å². The fourth-order valence-electron chi connectivity index (χ4n) is 3.11. The molecule has 1 aliphatic heterocycles. The zero-order valence-corrected chi connectivity index (χ0v) is 15.3. The lowest BCUT2D eigenvalue weighted by molar-refractivity contribution is -0.136. The summed E-state index contributed by atoms with van der Waals surface area (Å²) in [4.78, 5) is 22.5. The smallest absolute Gasteiger partial charge is 0.305 e. The van der Waals surface area contributed by atoms with Crippen LogP contribution < -0.4 is 5.32 Å². The Morgan fingerprint density at radius 2 is 1.72 bits per heavy atom. The molecule has 0 spiro atoms. The summed E-state index contributed by atoms with van der Waals surface area (Å²) in [5, 5.41) is 11.0. The number of hydrogen-bond donors (Lipinski definition) is 2. The van der Waals surface area contributed by atoms with E-state index in [1.807, 2.05) is 13.8 Å². The number of carboxylic acids is 1. The summed E-state index contributed by atoms with van der Waals surface area (Å²) in [6.45, 7) is 5.12. The van der Waals surface area contributed by atoms with Crippen molar-refractivity contribution in [2.75, 3.05) is 19.6 Å². The van der Waals surface area contributed by atoms with Crippen LogP contribution in [0.2, 0.25) is 0 Å². The molecule has 0 radical (unpaired) electrons. The Balaban J connectivity index is 2.08. The average Bonchev–Trinajstić information content (AvgIpc) is 2.53. The Labute approximate surface area is 148 Å². The number of carbonyl (C=O) groups excluding carboxylic acids is 1. The van der Waals surface area contributed by atoms with Gasteiger partial charge in [-0.2, -0.15) is 4.31 Å². The van der Waals surface area contributed by atoms with E-state index in [1.165, 1.54) is 28.6 Å². The number of rotatable bonds is 6. The minimum atomic E-state index is -3.57. The lowest BCUT2D eigenvalue weighted by Crippen LogP contribution is -2.42. The summed E-state index contributed by atoms with van der Waals surface area (Å²) >= 11 is 0. The van der Waals surface area contributed by atoms with Crippen molar-refractivity contribution >= 4 is 21.9 Å². The molecule has 0 aromatic heterocycles. The van der Waals surface area contributed by atoms with Crippen LogP contribution in [0.3, 0.4) is 0 Å². The van der Waals surface area contributed by atoms with Gasteiger partial charge < -0.3 is 10.4 Å². The van der Waals surface area contributed by atoms with Crippen molar-refractivity contribution in [3.05, 3.63) is 29.8 Å². The molecule has 2 rings (SSSR count). The molecule has 2 N–H and O–H groups in total. The number of aliphatic carboxylic acids is 1. The summed E-state index contributed by atoms with van der Waals surface area (Å²) in [7, 11) is -3.57. The number of hydrogen-bond acceptors (Lipinski definition) is 4. The molecular formula is C17H24N2O5S. The van der Waals surface area contributed by atoms with Crippen molar-refractivity contribution in [1.29, 1.82) is 0 Å². The summed E-state index contributed by atoms with van der Waals surface area (Å²) < 4.78 is 27.0. The van der Waals surface area contributed by atoms with E-state index in [9.17, 15) is 18.0 Å². The minimum Gasteiger partial charge on any atom is -0.481 e. The molecule has 0 aliphatic carbocycles. The summed E-state index contributed by atoms with van der Waals surface area (Å²) in [5.74, 6) is -0.784. The van der Waals surface area contributed by atoms with Crippen LogP contribution in [0.25, 0.3) is 0 Å². The number of sulfonamides is 1. The topological polar surface area (TPSA) is 104 Å². The number of carboxylic acid groups (broad SMARTS) is 1. The van der Waals surface area contributed by atoms with Crippen LogP contribution in [-0.2, 0) is 14.8 Å². The van der Waals surface area contributed by atoms with Gasteiger partial charge in [-0.15, -0.1) is 0 Å². The normalized spacial score (nSPS) is 21.7. The fraction of sp³-hybridized carbons (Fsp3) is 0.529. The minimum absolute atomic E-state index is 0.0256. The highest BCUT2D eigenvalue weighted by Crippen LogP contribution is 2.26. The zero-order valence-electron chi connectivity index (χ0n) is 14.4. The lowest BCUT2D eigenvalue weighted by atomic mass is 9.94. The van der Waals surface area contributed by atoms with E-state index in [1.54, 1.807) is 0 Å². The summed E-state index contributed by atoms with van der Waals surface area (Å²) in [6, 6.07) is 5.73. The van der Waals surface area contributed by atoms with E-state index in [2.05, 4.69) is 5.32 Å². The third-order valence-electron chi connectivity index (χ3n) is 4.21. The first-order valence-corrected chi connectivity index (χ1v) is 9.74. The Kier molecular flexibility index (Phi) is 6.18. The highest BCUT2D eigenvalue weighted by Gasteiger charge is 2.31. The molecule has 25 heavy (non-hydrogen) atoms. The second-order valence-corrected chi connectivity index (χ2v) is 8.63. The van der Waals surface area contributed by atoms with E-state index in [0.717, 1.165) is 6.42 Å². The van der Waals surface area contributed by atoms with Crippen molar-refractivity contribution in [1.82, 2.24) is 9.62 Å². The summed E-state index contributed by atoms with van der Waals surface area (Å²) in [6.07, 6.45) is 0.852. The van der Waals surface area contributed by atoms with Crippen LogP contribution in [0.15, 0.2) is 29.2 Å². The molecule has 1 heterocycles. The van der Waals surface area contributed by atoms with E-state index in [-0.39, 0.29) is 17.9 Å². The molecule has 1 aromatic rings. The number of amides is 1. The highest BCUT2D eigenvalue weighted by molar-refractivity contribution is 7.89. The van der Waals surface area contributed by atoms with Gasteiger partial charge in [0.15, 0.2) is 0 Å². The number of nitrogens with zero attached hydrogens (tertiary/aromatic N) is 1. The third kappa shape index (κ3) is 5.02. The number of nitrogens with one attached hydrogen (secondary N) is 1. The van der Waals surface area contributed by atoms with Gasteiger partial charge in [-0.05, 0) is 42.5 Å². The quantitative estimate of drug-likeness (QED) is 0.793. The predicted octanol–water partition coefficient (Wildman–Crippen LogP) is 1.56. The van der Waals surface area contributed by atoms with Gasteiger partial charge in [0, 0.05) is 25.2 Å². The van der Waals surface area contributed by atoms with E-state index in [0.29, 0.717) is 30.5 Å². The molecule has 1 aliphatic rings. The maximum absolute atomic E-state index is 12.8. The van der Waals surface area contributed by atoms with Gasteiger partial charge in [0.2, 0.25) is 10.0 Å². The second kappa shape index (κ2) is 7.97. The fourth-order valence-corrected chi connectivity index (χ4v) is 4.79. The van der Waals surface area contributed by atoms with E-state index < -0.39 is 21.9 Å². The third-order valence-corrected chi connectivity index (χ3v) is 6.06. The predicted molar refractivity (Wildman–Crippen MR) is 92.7 cm³/mol. The molecule has 138 valence electrons. The standard InChI is InChI=1S/C17H24N2O5S/c1-12-9-13(2)11-19(10-12)25(23,24)15-5-3-14(4-6-15)17(22)18-8-7-16(20)21/h3-6,12-13H,7-11H2,1-2H3,(H,18,22)(H,20,21). The van der Waals surface area contributed by atoms with E-state index >= 15 is 0 Å². The summed E-state index contributed by atoms with van der Waals surface area (Å²) in [5.41, 5.74) is 0.296. The van der Waals surface area contributed by atoms with Gasteiger partial charge in [0.1, 0.15) is 0 Å². The zero-order chi connectivity index (χ0) is 18.6. The van der Waals surface area contributed by atoms with Gasteiger partial charge in [-0.1, -0.05) is 13.8 Å². The number of carbonyl (C=O) groups is 2. The highest BCUT2D eigenvalue weighted by atomic mass is 32.2. The van der Waals surface area contributed by atoms with Crippen molar-refractivity contribution in [3.63, 3.8) is 0 Å². The average molecular weight is 368 g/mol. The second-order valence-electron chi connectivity index (χ2n) is 6.69. The van der Waals surface area contributed by atoms with Gasteiger partial charge in [0.05, 0.1) is 11.3 Å². The van der Waals surface area contributed by atoms with Gasteiger partial charge in [-0.3, -0.25) is 9.59 Å². The van der Waals surface area contributed by atoms with Crippen molar-refractivity contribution in [3.8, 4) is 0 Å². The van der Waals surface area contributed by atoms with Crippen LogP contribution in [0.4, 0.5) is 0 Å².